The van der Waals surface area contributed by atoms with Crippen LogP contribution in [0.4, 0.5) is 0 Å². The van der Waals surface area contributed by atoms with Crippen molar-refractivity contribution in [3.05, 3.63) is 27.4 Å². The molecule has 1 aromatic heterocycles. The summed E-state index contributed by atoms with van der Waals surface area (Å²) in [5.41, 5.74) is 0.351. The zero-order chi connectivity index (χ0) is 24.9. The molecule has 0 radical (unpaired) electrons. The second-order valence-corrected chi connectivity index (χ2v) is 19.8. The lowest BCUT2D eigenvalue weighted by molar-refractivity contribution is -0.0604. The number of rotatable bonds is 5. The Morgan fingerprint density at radius 1 is 1.03 bits per heavy atom. The van der Waals surface area contributed by atoms with Crippen molar-refractivity contribution < 1.29 is 22.8 Å². The van der Waals surface area contributed by atoms with Gasteiger partial charge in [0.25, 0.3) is 0 Å². The minimum absolute atomic E-state index is 0.135. The maximum absolute atomic E-state index is 12.9. The Morgan fingerprint density at radius 2 is 1.58 bits per heavy atom. The van der Waals surface area contributed by atoms with E-state index in [0.29, 0.717) is 4.64 Å². The lowest BCUT2D eigenvalue weighted by Gasteiger charge is -2.51. The van der Waals surface area contributed by atoms with Crippen LogP contribution in [0.2, 0.25) is 22.2 Å². The monoisotopic (exact) mass is 516 g/mol. The van der Waals surface area contributed by atoms with Gasteiger partial charge in [-0.3, -0.25) is 9.13 Å². The summed E-state index contributed by atoms with van der Waals surface area (Å²) >= 11 is 5.20. The zero-order valence-electron chi connectivity index (χ0n) is 21.3. The van der Waals surface area contributed by atoms with Gasteiger partial charge in [-0.05, 0) is 28.2 Å². The Hall–Kier alpha value is -0.666. The summed E-state index contributed by atoms with van der Waals surface area (Å²) in [7, 11) is -3.98. The van der Waals surface area contributed by atoms with Gasteiger partial charge in [0, 0.05) is 13.2 Å². The second kappa shape index (κ2) is 9.77. The first-order chi connectivity index (χ1) is 15.3. The van der Waals surface area contributed by atoms with E-state index >= 15 is 0 Å². The van der Waals surface area contributed by atoms with Gasteiger partial charge in [-0.1, -0.05) is 67.6 Å². The number of ether oxygens (including phenoxy) is 1. The van der Waals surface area contributed by atoms with Crippen LogP contribution in [0.1, 0.15) is 61.6 Å². The summed E-state index contributed by atoms with van der Waals surface area (Å²) < 4.78 is 30.2. The van der Waals surface area contributed by atoms with Gasteiger partial charge in [0.1, 0.15) is 23.0 Å². The molecule has 11 heteroatoms. The van der Waals surface area contributed by atoms with Crippen molar-refractivity contribution in [2.24, 2.45) is 7.05 Å². The van der Waals surface area contributed by atoms with Crippen LogP contribution >= 0.6 is 12.2 Å². The maximum Gasteiger partial charge on any atom is 0.335 e. The highest BCUT2D eigenvalue weighted by Gasteiger charge is 2.61. The van der Waals surface area contributed by atoms with E-state index in [1.165, 1.54) is 9.13 Å². The van der Waals surface area contributed by atoms with Crippen LogP contribution in [0.3, 0.4) is 0 Å². The third kappa shape index (κ3) is 4.51. The maximum atomic E-state index is 12.9. The highest BCUT2D eigenvalue weighted by Crippen LogP contribution is 2.48. The number of aliphatic hydroxyl groups is 1. The third-order valence-corrected chi connectivity index (χ3v) is 17.8. The molecule has 3 rings (SSSR count). The van der Waals surface area contributed by atoms with Crippen LogP contribution < -0.4 is 5.69 Å². The van der Waals surface area contributed by atoms with E-state index in [2.05, 4.69) is 55.4 Å². The number of fused-ring (bicyclic) bond motifs is 1. The predicted molar refractivity (Wildman–Crippen MR) is 134 cm³/mol. The molecule has 2 aliphatic rings. The molecule has 3 heterocycles. The van der Waals surface area contributed by atoms with E-state index < -0.39 is 41.7 Å². The van der Waals surface area contributed by atoms with Crippen LogP contribution in [0, 0.1) is 4.64 Å². The quantitative estimate of drug-likeness (QED) is 0.465. The van der Waals surface area contributed by atoms with Crippen LogP contribution in [0.25, 0.3) is 0 Å². The second-order valence-electron chi connectivity index (χ2n) is 10.5. The van der Waals surface area contributed by atoms with E-state index in [4.69, 9.17) is 29.9 Å². The van der Waals surface area contributed by atoms with Gasteiger partial charge in [0.2, 0.25) is 0 Å². The van der Waals surface area contributed by atoms with Gasteiger partial charge in [0.15, 0.2) is 6.23 Å². The van der Waals surface area contributed by atoms with Crippen molar-refractivity contribution in [1.29, 1.82) is 0 Å². The van der Waals surface area contributed by atoms with E-state index in [1.807, 2.05) is 0 Å². The van der Waals surface area contributed by atoms with Crippen molar-refractivity contribution in [2.75, 3.05) is 6.61 Å². The summed E-state index contributed by atoms with van der Waals surface area (Å²) in [5.74, 6) is 0. The Balaban J connectivity index is 2.10. The molecule has 1 aromatic rings. The molecule has 8 nitrogen and oxygen atoms in total. The Bertz CT molecular complexity index is 947. The van der Waals surface area contributed by atoms with Crippen LogP contribution in [-0.2, 0) is 24.8 Å². The number of nitrogens with zero attached hydrogens (tertiary/aromatic N) is 2. The van der Waals surface area contributed by atoms with Gasteiger partial charge in [0.05, 0.1) is 6.61 Å². The molecule has 0 bridgehead atoms. The molecule has 2 fully saturated rings. The third-order valence-electron chi connectivity index (χ3n) is 7.13. The molecule has 1 N–H and O–H groups in total. The van der Waals surface area contributed by atoms with Gasteiger partial charge < -0.3 is 22.8 Å². The summed E-state index contributed by atoms with van der Waals surface area (Å²) in [5, 5.41) is 11.4. The van der Waals surface area contributed by atoms with Crippen molar-refractivity contribution in [3.8, 4) is 0 Å². The molecule has 0 aromatic carbocycles. The highest BCUT2D eigenvalue weighted by molar-refractivity contribution is 7.71. The van der Waals surface area contributed by atoms with Crippen molar-refractivity contribution in [2.45, 2.75) is 102 Å². The fourth-order valence-corrected chi connectivity index (χ4v) is 16.5. The summed E-state index contributed by atoms with van der Waals surface area (Å²) in [6.07, 6.45) is -1.53. The largest absolute Gasteiger partial charge is 0.414 e. The van der Waals surface area contributed by atoms with Gasteiger partial charge in [-0.25, -0.2) is 4.79 Å². The molecule has 0 amide bonds. The fraction of sp³-hybridized carbons (Fsp3) is 0.818. The van der Waals surface area contributed by atoms with Crippen molar-refractivity contribution in [3.63, 3.8) is 0 Å². The molecule has 33 heavy (non-hydrogen) atoms. The first-order valence-electron chi connectivity index (χ1n) is 11.9. The van der Waals surface area contributed by atoms with E-state index in [9.17, 15) is 9.90 Å². The molecule has 0 spiro atoms. The summed E-state index contributed by atoms with van der Waals surface area (Å²) in [6, 6.07) is 1.66. The number of hydrogen-bond acceptors (Lipinski definition) is 7. The normalized spacial score (nSPS) is 29.5. The molecular formula is C22H40N2O6SSi2. The van der Waals surface area contributed by atoms with Crippen LogP contribution in [0.15, 0.2) is 17.1 Å². The Morgan fingerprint density at radius 3 is 2.09 bits per heavy atom. The molecule has 0 saturated carbocycles. The Labute approximate surface area is 204 Å². The predicted octanol–water partition coefficient (Wildman–Crippen LogP) is 4.13. The minimum Gasteiger partial charge on any atom is -0.414 e. The molecule has 188 valence electrons. The summed E-state index contributed by atoms with van der Waals surface area (Å²) in [6.45, 7) is 17.4. The topological polar surface area (TPSA) is 84.1 Å². The van der Waals surface area contributed by atoms with Gasteiger partial charge >= 0.3 is 22.8 Å². The molecule has 4 atom stereocenters. The van der Waals surface area contributed by atoms with Gasteiger partial charge in [-0.2, -0.15) is 0 Å². The van der Waals surface area contributed by atoms with E-state index in [0.717, 1.165) is 0 Å². The summed E-state index contributed by atoms with van der Waals surface area (Å²) in [4.78, 5) is 12.9. The smallest absolute Gasteiger partial charge is 0.335 e. The molecular weight excluding hydrogens is 476 g/mol. The van der Waals surface area contributed by atoms with E-state index in [1.54, 1.807) is 19.3 Å². The number of aromatic nitrogens is 2. The first kappa shape index (κ1) is 26.9. The number of hydrogen-bond donors (Lipinski definition) is 1. The molecule has 2 saturated heterocycles. The lowest BCUT2D eigenvalue weighted by Crippen LogP contribution is -2.65. The zero-order valence-corrected chi connectivity index (χ0v) is 24.1. The van der Waals surface area contributed by atoms with Crippen molar-refractivity contribution >= 4 is 29.3 Å². The Kier molecular flexibility index (Phi) is 7.97. The number of aliphatic hydroxyl groups excluding tert-OH is 1. The molecule has 0 aliphatic carbocycles. The first-order valence-corrected chi connectivity index (χ1v) is 16.3. The molecule has 2 aliphatic heterocycles. The molecule has 0 unspecified atom stereocenters. The average Bonchev–Trinajstić information content (AvgIpc) is 3.00. The fourth-order valence-electron chi connectivity index (χ4n) is 5.15. The lowest BCUT2D eigenvalue weighted by atomic mass is 10.1. The highest BCUT2D eigenvalue weighted by atomic mass is 32.1. The standard InChI is InChI=1S/C22H40N2O6SSi2/c1-13(2)32(14(3)4)27-12-17-20(29-33(30-32,15(5)6)16(7)8)19(25)21(28-17)24-11-10-18(31)23(9)22(24)26/h10-11,13-17,19-21,25H,12H2,1-9H3/t17-,19-,20-,21-/m1/s1. The van der Waals surface area contributed by atoms with Gasteiger partial charge in [-0.15, -0.1) is 0 Å². The average molecular weight is 517 g/mol. The van der Waals surface area contributed by atoms with Crippen LogP contribution in [0.5, 0.6) is 0 Å². The SMILES string of the molecule is CC(C)[Si]1(C(C)C)OC[C@H]2O[C@@H](n3ccc(=S)n(C)c3=O)[C@H](O)[C@@H]2O[Si](C(C)C)(C(C)C)O1. The van der Waals surface area contributed by atoms with Crippen molar-refractivity contribution in [1.82, 2.24) is 9.13 Å². The minimum atomic E-state index is -2.89. The van der Waals surface area contributed by atoms with E-state index in [-0.39, 0.29) is 34.5 Å². The van der Waals surface area contributed by atoms with Crippen LogP contribution in [-0.4, -0.2) is 56.3 Å².